The lowest BCUT2D eigenvalue weighted by atomic mass is 9.99. The zero-order valence-corrected chi connectivity index (χ0v) is 8.63. The highest BCUT2D eigenvalue weighted by molar-refractivity contribution is 5.69. The van der Waals surface area contributed by atoms with Crippen LogP contribution in [0.25, 0.3) is 0 Å². The van der Waals surface area contributed by atoms with Gasteiger partial charge < -0.3 is 9.64 Å². The van der Waals surface area contributed by atoms with E-state index in [1.165, 1.54) is 7.11 Å². The van der Waals surface area contributed by atoms with Gasteiger partial charge in [0.1, 0.15) is 0 Å². The Morgan fingerprint density at radius 1 is 1.42 bits per heavy atom. The van der Waals surface area contributed by atoms with Crippen molar-refractivity contribution in [3.8, 4) is 0 Å². The average Bonchev–Trinajstić information content (AvgIpc) is 2.02. The third-order valence-electron chi connectivity index (χ3n) is 2.35. The SMILES string of the molecule is COC(=O)CC(C)C(C)N(C)C. The van der Waals surface area contributed by atoms with Gasteiger partial charge in [-0.15, -0.1) is 0 Å². The van der Waals surface area contributed by atoms with Crippen molar-refractivity contribution in [3.05, 3.63) is 0 Å². The summed E-state index contributed by atoms with van der Waals surface area (Å²) < 4.78 is 4.59. The van der Waals surface area contributed by atoms with Crippen molar-refractivity contribution in [2.45, 2.75) is 26.3 Å². The first-order valence-corrected chi connectivity index (χ1v) is 4.22. The fourth-order valence-electron chi connectivity index (χ4n) is 1.03. The van der Waals surface area contributed by atoms with Gasteiger partial charge in [-0.05, 0) is 26.9 Å². The van der Waals surface area contributed by atoms with Gasteiger partial charge in [0.2, 0.25) is 0 Å². The summed E-state index contributed by atoms with van der Waals surface area (Å²) in [6.45, 7) is 4.16. The number of hydrogen-bond acceptors (Lipinski definition) is 3. The van der Waals surface area contributed by atoms with Crippen molar-refractivity contribution < 1.29 is 9.53 Å². The average molecular weight is 173 g/mol. The summed E-state index contributed by atoms with van der Waals surface area (Å²) in [4.78, 5) is 13.0. The molecule has 0 bridgehead atoms. The van der Waals surface area contributed by atoms with E-state index >= 15 is 0 Å². The minimum atomic E-state index is -0.129. The number of rotatable bonds is 4. The summed E-state index contributed by atoms with van der Waals surface area (Å²) in [5, 5.41) is 0. The lowest BCUT2D eigenvalue weighted by Gasteiger charge is -2.25. The van der Waals surface area contributed by atoms with Gasteiger partial charge in [-0.25, -0.2) is 0 Å². The maximum atomic E-state index is 10.9. The molecule has 0 fully saturated rings. The van der Waals surface area contributed by atoms with Crippen LogP contribution >= 0.6 is 0 Å². The molecule has 0 aromatic carbocycles. The molecule has 0 rings (SSSR count). The molecule has 0 heterocycles. The summed E-state index contributed by atoms with van der Waals surface area (Å²) in [6.07, 6.45) is 0.496. The van der Waals surface area contributed by atoms with E-state index in [9.17, 15) is 4.79 Å². The van der Waals surface area contributed by atoms with E-state index in [1.807, 2.05) is 14.1 Å². The van der Waals surface area contributed by atoms with Crippen molar-refractivity contribution >= 4 is 5.97 Å². The van der Waals surface area contributed by atoms with Crippen molar-refractivity contribution in [2.24, 2.45) is 5.92 Å². The van der Waals surface area contributed by atoms with Crippen LogP contribution < -0.4 is 0 Å². The lowest BCUT2D eigenvalue weighted by molar-refractivity contribution is -0.142. The van der Waals surface area contributed by atoms with Gasteiger partial charge in [0, 0.05) is 12.5 Å². The lowest BCUT2D eigenvalue weighted by Crippen LogP contribution is -2.32. The molecule has 0 spiro atoms. The van der Waals surface area contributed by atoms with Gasteiger partial charge in [0.05, 0.1) is 7.11 Å². The highest BCUT2D eigenvalue weighted by Crippen LogP contribution is 2.12. The Morgan fingerprint density at radius 3 is 2.25 bits per heavy atom. The first-order chi connectivity index (χ1) is 5.49. The smallest absolute Gasteiger partial charge is 0.305 e. The molecule has 2 atom stereocenters. The molecule has 0 aliphatic carbocycles. The Hall–Kier alpha value is -0.570. The molecule has 0 aliphatic heterocycles. The summed E-state index contributed by atoms with van der Waals surface area (Å²) in [5.74, 6) is 0.212. The van der Waals surface area contributed by atoms with Gasteiger partial charge in [-0.3, -0.25) is 4.79 Å². The summed E-state index contributed by atoms with van der Waals surface area (Å²) in [6, 6.07) is 0.407. The van der Waals surface area contributed by atoms with Crippen LogP contribution in [0.2, 0.25) is 0 Å². The van der Waals surface area contributed by atoms with Gasteiger partial charge >= 0.3 is 5.97 Å². The van der Waals surface area contributed by atoms with Crippen LogP contribution in [-0.4, -0.2) is 38.1 Å². The second-order valence-corrected chi connectivity index (χ2v) is 3.46. The third kappa shape index (κ3) is 3.72. The van der Waals surface area contributed by atoms with Crippen molar-refractivity contribution in [1.29, 1.82) is 0 Å². The Kier molecular flexibility index (Phi) is 4.90. The second-order valence-electron chi connectivity index (χ2n) is 3.46. The molecular formula is C9H19NO2. The van der Waals surface area contributed by atoms with Crippen LogP contribution in [0.3, 0.4) is 0 Å². The van der Waals surface area contributed by atoms with Crippen LogP contribution in [-0.2, 0) is 9.53 Å². The number of nitrogens with zero attached hydrogens (tertiary/aromatic N) is 1. The number of esters is 1. The highest BCUT2D eigenvalue weighted by atomic mass is 16.5. The maximum absolute atomic E-state index is 10.9. The first-order valence-electron chi connectivity index (χ1n) is 4.22. The molecular weight excluding hydrogens is 154 g/mol. The van der Waals surface area contributed by atoms with Crippen molar-refractivity contribution in [1.82, 2.24) is 4.90 Å². The Bertz CT molecular complexity index is 145. The summed E-state index contributed by atoms with van der Waals surface area (Å²) in [7, 11) is 5.45. The summed E-state index contributed by atoms with van der Waals surface area (Å²) >= 11 is 0. The van der Waals surface area contributed by atoms with Crippen LogP contribution in [0.4, 0.5) is 0 Å². The molecule has 0 saturated carbocycles. The minimum absolute atomic E-state index is 0.129. The van der Waals surface area contributed by atoms with Crippen LogP contribution in [0.15, 0.2) is 0 Å². The van der Waals surface area contributed by atoms with E-state index in [4.69, 9.17) is 0 Å². The van der Waals surface area contributed by atoms with E-state index in [-0.39, 0.29) is 5.97 Å². The van der Waals surface area contributed by atoms with Gasteiger partial charge in [0.25, 0.3) is 0 Å². The Labute approximate surface area is 74.7 Å². The maximum Gasteiger partial charge on any atom is 0.305 e. The van der Waals surface area contributed by atoms with Crippen LogP contribution in [0.5, 0.6) is 0 Å². The van der Waals surface area contributed by atoms with E-state index < -0.39 is 0 Å². The molecule has 0 aromatic heterocycles. The fraction of sp³-hybridized carbons (Fsp3) is 0.889. The number of ether oxygens (including phenoxy) is 1. The molecule has 0 aromatic rings. The summed E-state index contributed by atoms with van der Waals surface area (Å²) in [5.41, 5.74) is 0. The molecule has 72 valence electrons. The normalized spacial score (nSPS) is 15.8. The highest BCUT2D eigenvalue weighted by Gasteiger charge is 2.17. The first kappa shape index (κ1) is 11.4. The second kappa shape index (κ2) is 5.14. The molecule has 12 heavy (non-hydrogen) atoms. The molecule has 0 saturated heterocycles. The Balaban J connectivity index is 3.86. The quantitative estimate of drug-likeness (QED) is 0.597. The molecule has 2 unspecified atom stereocenters. The van der Waals surface area contributed by atoms with Crippen LogP contribution in [0.1, 0.15) is 20.3 Å². The predicted molar refractivity (Wildman–Crippen MR) is 48.9 cm³/mol. The molecule has 0 aliphatic rings. The van der Waals surface area contributed by atoms with Gasteiger partial charge in [-0.2, -0.15) is 0 Å². The predicted octanol–water partition coefficient (Wildman–Crippen LogP) is 1.14. The van der Waals surface area contributed by atoms with E-state index in [2.05, 4.69) is 23.5 Å². The van der Waals surface area contributed by atoms with Crippen molar-refractivity contribution in [3.63, 3.8) is 0 Å². The number of carbonyl (C=O) groups excluding carboxylic acids is 1. The fourth-order valence-corrected chi connectivity index (χ4v) is 1.03. The van der Waals surface area contributed by atoms with Crippen molar-refractivity contribution in [2.75, 3.05) is 21.2 Å². The third-order valence-corrected chi connectivity index (χ3v) is 2.35. The zero-order valence-electron chi connectivity index (χ0n) is 8.63. The standard InChI is InChI=1S/C9H19NO2/c1-7(6-9(11)12-5)8(2)10(3)4/h7-8H,6H2,1-5H3. The number of hydrogen-bond donors (Lipinski definition) is 0. The largest absolute Gasteiger partial charge is 0.469 e. The molecule has 0 amide bonds. The number of methoxy groups -OCH3 is 1. The zero-order chi connectivity index (χ0) is 9.72. The topological polar surface area (TPSA) is 29.5 Å². The molecule has 0 radical (unpaired) electrons. The van der Waals surface area contributed by atoms with E-state index in [0.29, 0.717) is 18.4 Å². The Morgan fingerprint density at radius 2 is 1.92 bits per heavy atom. The molecule has 3 nitrogen and oxygen atoms in total. The number of carbonyl (C=O) groups is 1. The molecule has 3 heteroatoms. The monoisotopic (exact) mass is 173 g/mol. The molecule has 0 N–H and O–H groups in total. The van der Waals surface area contributed by atoms with E-state index in [0.717, 1.165) is 0 Å². The van der Waals surface area contributed by atoms with E-state index in [1.54, 1.807) is 0 Å². The minimum Gasteiger partial charge on any atom is -0.469 e. The van der Waals surface area contributed by atoms with Crippen LogP contribution in [0, 0.1) is 5.92 Å². The van der Waals surface area contributed by atoms with Gasteiger partial charge in [-0.1, -0.05) is 6.92 Å². The van der Waals surface area contributed by atoms with Gasteiger partial charge in [0.15, 0.2) is 0 Å².